The number of fused-ring (bicyclic) bond motifs is 1. The SMILES string of the molecule is O=C1NS(=O)(=O)c2ccc(S(=O)(=O)Cl)cc21. The van der Waals surface area contributed by atoms with Crippen LogP contribution in [0.25, 0.3) is 0 Å². The van der Waals surface area contributed by atoms with E-state index in [1.165, 1.54) is 0 Å². The zero-order chi connectivity index (χ0) is 12.1. The van der Waals surface area contributed by atoms with Crippen molar-refractivity contribution in [1.29, 1.82) is 0 Å². The van der Waals surface area contributed by atoms with Gasteiger partial charge in [-0.2, -0.15) is 0 Å². The molecule has 9 heteroatoms. The van der Waals surface area contributed by atoms with Gasteiger partial charge in [-0.15, -0.1) is 0 Å². The molecule has 1 aromatic rings. The number of sulfonamides is 1. The standard InChI is InChI=1S/C7H4ClNO5S2/c8-15(11,12)4-1-2-6-5(3-4)7(10)9-16(6,13)14/h1-3H,(H,9,10). The number of amides is 1. The average molecular weight is 282 g/mol. The van der Waals surface area contributed by atoms with E-state index in [1.54, 1.807) is 4.72 Å². The molecule has 1 aliphatic rings. The van der Waals surface area contributed by atoms with E-state index in [0.29, 0.717) is 0 Å². The Morgan fingerprint density at radius 1 is 1.25 bits per heavy atom. The summed E-state index contributed by atoms with van der Waals surface area (Å²) in [5, 5.41) is 0. The van der Waals surface area contributed by atoms with Gasteiger partial charge in [0.25, 0.3) is 25.0 Å². The Morgan fingerprint density at radius 2 is 1.88 bits per heavy atom. The van der Waals surface area contributed by atoms with E-state index in [0.717, 1.165) is 18.2 Å². The van der Waals surface area contributed by atoms with Crippen LogP contribution in [0.1, 0.15) is 10.4 Å². The number of hydrogen-bond acceptors (Lipinski definition) is 5. The molecule has 1 N–H and O–H groups in total. The molecule has 2 rings (SSSR count). The third-order valence-corrected chi connectivity index (χ3v) is 4.73. The summed E-state index contributed by atoms with van der Waals surface area (Å²) < 4.78 is 46.3. The van der Waals surface area contributed by atoms with Gasteiger partial charge >= 0.3 is 0 Å². The number of halogens is 1. The van der Waals surface area contributed by atoms with Crippen LogP contribution in [0.3, 0.4) is 0 Å². The maximum absolute atomic E-state index is 11.3. The highest BCUT2D eigenvalue weighted by atomic mass is 35.7. The molecule has 0 fully saturated rings. The van der Waals surface area contributed by atoms with E-state index in [-0.39, 0.29) is 15.4 Å². The van der Waals surface area contributed by atoms with Gasteiger partial charge in [0.05, 0.1) is 10.5 Å². The lowest BCUT2D eigenvalue weighted by Gasteiger charge is -1.98. The molecule has 0 atom stereocenters. The van der Waals surface area contributed by atoms with Crippen LogP contribution in [0.15, 0.2) is 28.0 Å². The summed E-state index contributed by atoms with van der Waals surface area (Å²) in [6, 6.07) is 2.98. The normalized spacial score (nSPS) is 17.9. The van der Waals surface area contributed by atoms with E-state index in [2.05, 4.69) is 0 Å². The zero-order valence-electron chi connectivity index (χ0n) is 7.47. The lowest BCUT2D eigenvalue weighted by atomic mass is 10.2. The molecule has 0 unspecified atom stereocenters. The lowest BCUT2D eigenvalue weighted by Crippen LogP contribution is -2.20. The molecular formula is C7H4ClNO5S2. The topological polar surface area (TPSA) is 97.4 Å². The van der Waals surface area contributed by atoms with E-state index in [1.807, 2.05) is 0 Å². The third-order valence-electron chi connectivity index (χ3n) is 1.99. The molecule has 0 saturated carbocycles. The van der Waals surface area contributed by atoms with E-state index >= 15 is 0 Å². The summed E-state index contributed by atoms with van der Waals surface area (Å²) in [4.78, 5) is 10.7. The molecule has 6 nitrogen and oxygen atoms in total. The van der Waals surface area contributed by atoms with Crippen molar-refractivity contribution in [3.63, 3.8) is 0 Å². The van der Waals surface area contributed by atoms with Crippen LogP contribution in [-0.4, -0.2) is 22.7 Å². The van der Waals surface area contributed by atoms with Crippen LogP contribution in [0, 0.1) is 0 Å². The number of nitrogens with one attached hydrogen (secondary N) is 1. The molecule has 1 amide bonds. The molecule has 0 spiro atoms. The summed E-state index contributed by atoms with van der Waals surface area (Å²) in [6.07, 6.45) is 0. The Hall–Kier alpha value is -1.12. The quantitative estimate of drug-likeness (QED) is 0.733. The van der Waals surface area contributed by atoms with Crippen LogP contribution < -0.4 is 4.72 Å². The lowest BCUT2D eigenvalue weighted by molar-refractivity contribution is 0.0985. The van der Waals surface area contributed by atoms with Gasteiger partial charge < -0.3 is 0 Å². The van der Waals surface area contributed by atoms with Crippen molar-refractivity contribution in [2.75, 3.05) is 0 Å². The second-order valence-corrected chi connectivity index (χ2v) is 7.25. The molecule has 0 bridgehead atoms. The predicted molar refractivity (Wildman–Crippen MR) is 54.1 cm³/mol. The van der Waals surface area contributed by atoms with Gasteiger partial charge in [0.2, 0.25) is 0 Å². The second-order valence-electron chi connectivity index (χ2n) is 3.03. The van der Waals surface area contributed by atoms with Crippen LogP contribution in [-0.2, 0) is 19.1 Å². The highest BCUT2D eigenvalue weighted by Crippen LogP contribution is 2.26. The maximum atomic E-state index is 11.3. The highest BCUT2D eigenvalue weighted by Gasteiger charge is 2.33. The van der Waals surface area contributed by atoms with E-state index < -0.39 is 25.0 Å². The minimum atomic E-state index is -3.99. The first-order chi connectivity index (χ1) is 7.22. The number of hydrogen-bond donors (Lipinski definition) is 1. The second kappa shape index (κ2) is 3.19. The van der Waals surface area contributed by atoms with Crippen molar-refractivity contribution in [2.45, 2.75) is 9.79 Å². The van der Waals surface area contributed by atoms with Gasteiger partial charge in [-0.3, -0.25) is 4.79 Å². The summed E-state index contributed by atoms with van der Waals surface area (Å²) in [5.41, 5.74) is -0.221. The van der Waals surface area contributed by atoms with Crippen molar-refractivity contribution in [3.8, 4) is 0 Å². The summed E-state index contributed by atoms with van der Waals surface area (Å²) in [7, 11) is -2.77. The average Bonchev–Trinajstić information content (AvgIpc) is 2.36. The molecule has 1 aliphatic heterocycles. The first kappa shape index (κ1) is 11.4. The van der Waals surface area contributed by atoms with Crippen LogP contribution in [0.4, 0.5) is 0 Å². The van der Waals surface area contributed by atoms with Gasteiger partial charge in [0, 0.05) is 10.7 Å². The summed E-state index contributed by atoms with van der Waals surface area (Å²) in [6.45, 7) is 0. The molecule has 0 radical (unpaired) electrons. The fraction of sp³-hybridized carbons (Fsp3) is 0. The van der Waals surface area contributed by atoms with Crippen molar-refractivity contribution in [2.24, 2.45) is 0 Å². The molecule has 0 aliphatic carbocycles. The number of benzene rings is 1. The van der Waals surface area contributed by atoms with Gasteiger partial charge in [0.15, 0.2) is 0 Å². The molecular weight excluding hydrogens is 278 g/mol. The molecule has 86 valence electrons. The molecule has 0 saturated heterocycles. The molecule has 16 heavy (non-hydrogen) atoms. The van der Waals surface area contributed by atoms with Gasteiger partial charge in [-0.25, -0.2) is 21.6 Å². The fourth-order valence-corrected chi connectivity index (χ4v) is 3.23. The van der Waals surface area contributed by atoms with Crippen molar-refractivity contribution in [3.05, 3.63) is 23.8 Å². The van der Waals surface area contributed by atoms with Crippen molar-refractivity contribution >= 4 is 35.7 Å². The van der Waals surface area contributed by atoms with Crippen LogP contribution in [0.5, 0.6) is 0 Å². The van der Waals surface area contributed by atoms with Crippen LogP contribution >= 0.6 is 10.7 Å². The van der Waals surface area contributed by atoms with Crippen molar-refractivity contribution in [1.82, 2.24) is 4.72 Å². The minimum Gasteiger partial charge on any atom is -0.268 e. The first-order valence-electron chi connectivity index (χ1n) is 3.88. The summed E-state index contributed by atoms with van der Waals surface area (Å²) >= 11 is 0. The fourth-order valence-electron chi connectivity index (χ4n) is 1.30. The molecule has 1 aromatic carbocycles. The predicted octanol–water partition coefficient (Wildman–Crippen LogP) is 0.0462. The Morgan fingerprint density at radius 3 is 2.44 bits per heavy atom. The summed E-state index contributed by atoms with van der Waals surface area (Å²) in [5.74, 6) is -0.864. The van der Waals surface area contributed by atoms with Gasteiger partial charge in [-0.1, -0.05) is 0 Å². The smallest absolute Gasteiger partial charge is 0.266 e. The van der Waals surface area contributed by atoms with Gasteiger partial charge in [0.1, 0.15) is 4.90 Å². The Balaban J connectivity index is 2.76. The minimum absolute atomic E-state index is 0.221. The monoisotopic (exact) mass is 281 g/mol. The zero-order valence-corrected chi connectivity index (χ0v) is 9.86. The molecule has 1 heterocycles. The maximum Gasteiger partial charge on any atom is 0.266 e. The first-order valence-corrected chi connectivity index (χ1v) is 7.67. The highest BCUT2D eigenvalue weighted by molar-refractivity contribution is 8.13. The number of carbonyl (C=O) groups is 1. The largest absolute Gasteiger partial charge is 0.268 e. The van der Waals surface area contributed by atoms with Crippen molar-refractivity contribution < 1.29 is 21.6 Å². The number of carbonyl (C=O) groups excluding carboxylic acids is 1. The van der Waals surface area contributed by atoms with E-state index in [9.17, 15) is 21.6 Å². The molecule has 0 aromatic heterocycles. The Bertz CT molecular complexity index is 691. The van der Waals surface area contributed by atoms with Crippen LogP contribution in [0.2, 0.25) is 0 Å². The van der Waals surface area contributed by atoms with E-state index in [4.69, 9.17) is 10.7 Å². The Labute approximate surface area is 95.7 Å². The number of rotatable bonds is 1. The third kappa shape index (κ3) is 1.68. The van der Waals surface area contributed by atoms with Gasteiger partial charge in [-0.05, 0) is 18.2 Å². The Kier molecular flexibility index (Phi) is 2.26.